The van der Waals surface area contributed by atoms with Gasteiger partial charge in [0.15, 0.2) is 0 Å². The Labute approximate surface area is 151 Å². The largest absolute Gasteiger partial charge is 0.466 e. The van der Waals surface area contributed by atoms with Gasteiger partial charge >= 0.3 is 12.0 Å². The average Bonchev–Trinajstić information content (AvgIpc) is 2.95. The number of hydrogen-bond acceptors (Lipinski definition) is 4. The number of benzene rings is 1. The van der Waals surface area contributed by atoms with E-state index < -0.39 is 0 Å². The monoisotopic (exact) mass is 365 g/mol. The first-order chi connectivity index (χ1) is 12.5. The first kappa shape index (κ1) is 19.7. The van der Waals surface area contributed by atoms with E-state index in [9.17, 15) is 18.8 Å². The van der Waals surface area contributed by atoms with E-state index in [4.69, 9.17) is 4.74 Å². The van der Waals surface area contributed by atoms with Crippen LogP contribution in [-0.4, -0.2) is 49.0 Å². The number of rotatable bonds is 8. The number of nitrogens with one attached hydrogen (secondary N) is 2. The van der Waals surface area contributed by atoms with Gasteiger partial charge in [-0.2, -0.15) is 0 Å². The topological polar surface area (TPSA) is 87.7 Å². The Morgan fingerprint density at radius 3 is 2.69 bits per heavy atom. The second kappa shape index (κ2) is 9.74. The lowest BCUT2D eigenvalue weighted by atomic mass is 10.1. The summed E-state index contributed by atoms with van der Waals surface area (Å²) >= 11 is 0. The van der Waals surface area contributed by atoms with E-state index in [0.717, 1.165) is 5.56 Å². The van der Waals surface area contributed by atoms with E-state index in [1.165, 1.54) is 12.1 Å². The fourth-order valence-corrected chi connectivity index (χ4v) is 2.76. The highest BCUT2D eigenvalue weighted by Crippen LogP contribution is 2.19. The maximum absolute atomic E-state index is 12.9. The number of hydrogen-bond donors (Lipinski definition) is 2. The third-order valence-electron chi connectivity index (χ3n) is 4.05. The van der Waals surface area contributed by atoms with Gasteiger partial charge in [0, 0.05) is 38.5 Å². The summed E-state index contributed by atoms with van der Waals surface area (Å²) in [6.07, 6.45) is 0.485. The van der Waals surface area contributed by atoms with Crippen molar-refractivity contribution in [3.63, 3.8) is 0 Å². The van der Waals surface area contributed by atoms with Crippen molar-refractivity contribution in [3.05, 3.63) is 35.6 Å². The Balaban J connectivity index is 1.67. The van der Waals surface area contributed by atoms with Crippen LogP contribution in [0.1, 0.15) is 25.3 Å². The molecular formula is C18H24FN3O4. The smallest absolute Gasteiger partial charge is 0.314 e. The molecule has 2 N–H and O–H groups in total. The van der Waals surface area contributed by atoms with E-state index >= 15 is 0 Å². The number of nitrogens with zero attached hydrogens (tertiary/aromatic N) is 1. The first-order valence-electron chi connectivity index (χ1n) is 8.67. The molecule has 26 heavy (non-hydrogen) atoms. The van der Waals surface area contributed by atoms with Crippen LogP contribution in [0.4, 0.5) is 9.18 Å². The summed E-state index contributed by atoms with van der Waals surface area (Å²) in [5.74, 6) is -0.620. The van der Waals surface area contributed by atoms with E-state index in [-0.39, 0.29) is 42.6 Å². The third-order valence-corrected chi connectivity index (χ3v) is 4.05. The third kappa shape index (κ3) is 6.34. The summed E-state index contributed by atoms with van der Waals surface area (Å²) in [5, 5.41) is 5.29. The van der Waals surface area contributed by atoms with E-state index in [2.05, 4.69) is 10.6 Å². The maximum Gasteiger partial charge on any atom is 0.314 e. The van der Waals surface area contributed by atoms with Crippen molar-refractivity contribution in [2.75, 3.05) is 26.2 Å². The minimum atomic E-state index is -0.376. The van der Waals surface area contributed by atoms with Crippen LogP contribution in [0.2, 0.25) is 0 Å². The molecule has 1 aromatic rings. The van der Waals surface area contributed by atoms with Gasteiger partial charge in [-0.3, -0.25) is 9.59 Å². The minimum Gasteiger partial charge on any atom is -0.466 e. The molecule has 1 aromatic carbocycles. The van der Waals surface area contributed by atoms with Crippen LogP contribution >= 0.6 is 0 Å². The van der Waals surface area contributed by atoms with Crippen molar-refractivity contribution in [2.24, 2.45) is 5.92 Å². The second-order valence-electron chi connectivity index (χ2n) is 6.16. The highest BCUT2D eigenvalue weighted by Gasteiger charge is 2.29. The predicted octanol–water partition coefficient (Wildman–Crippen LogP) is 1.43. The summed E-state index contributed by atoms with van der Waals surface area (Å²) < 4.78 is 17.7. The fourth-order valence-electron chi connectivity index (χ4n) is 2.76. The minimum absolute atomic E-state index is 0.0174. The van der Waals surface area contributed by atoms with Gasteiger partial charge < -0.3 is 20.3 Å². The average molecular weight is 365 g/mol. The number of amides is 3. The van der Waals surface area contributed by atoms with Crippen molar-refractivity contribution >= 4 is 17.9 Å². The van der Waals surface area contributed by atoms with Gasteiger partial charge in [-0.25, -0.2) is 9.18 Å². The molecule has 0 spiro atoms. The van der Waals surface area contributed by atoms with E-state index in [0.29, 0.717) is 32.7 Å². The summed E-state index contributed by atoms with van der Waals surface area (Å²) in [4.78, 5) is 36.7. The van der Waals surface area contributed by atoms with Crippen LogP contribution in [0.5, 0.6) is 0 Å². The van der Waals surface area contributed by atoms with Crippen LogP contribution in [0.15, 0.2) is 24.3 Å². The Morgan fingerprint density at radius 1 is 1.27 bits per heavy atom. The van der Waals surface area contributed by atoms with E-state index in [1.54, 1.807) is 24.0 Å². The maximum atomic E-state index is 12.9. The number of urea groups is 1. The lowest BCUT2D eigenvalue weighted by Gasteiger charge is -2.17. The van der Waals surface area contributed by atoms with Gasteiger partial charge in [-0.05, 0) is 24.6 Å². The molecule has 1 aliphatic rings. The molecule has 1 fully saturated rings. The molecule has 0 bridgehead atoms. The van der Waals surface area contributed by atoms with E-state index in [1.807, 2.05) is 0 Å². The molecule has 0 aliphatic carbocycles. The van der Waals surface area contributed by atoms with Gasteiger partial charge in [0.25, 0.3) is 0 Å². The lowest BCUT2D eigenvalue weighted by Crippen LogP contribution is -2.39. The van der Waals surface area contributed by atoms with Crippen LogP contribution in [0, 0.1) is 11.7 Å². The SMILES string of the molecule is CCOC(=O)CCNC(=O)NCC1CC(=O)N(Cc2ccc(F)cc2)C1. The Morgan fingerprint density at radius 2 is 2.00 bits per heavy atom. The Bertz CT molecular complexity index is 636. The summed E-state index contributed by atoms with van der Waals surface area (Å²) in [6.45, 7) is 3.58. The molecular weight excluding hydrogens is 341 g/mol. The van der Waals surface area contributed by atoms with Crippen LogP contribution in [-0.2, 0) is 20.9 Å². The lowest BCUT2D eigenvalue weighted by molar-refractivity contribution is -0.142. The molecule has 1 heterocycles. The number of carbonyl (C=O) groups is 3. The quantitative estimate of drug-likeness (QED) is 0.682. The van der Waals surface area contributed by atoms with Gasteiger partial charge in [0.2, 0.25) is 5.91 Å². The summed E-state index contributed by atoms with van der Waals surface area (Å²) in [7, 11) is 0. The predicted molar refractivity (Wildman–Crippen MR) is 92.6 cm³/mol. The zero-order valence-electron chi connectivity index (χ0n) is 14.8. The fraction of sp³-hybridized carbons (Fsp3) is 0.500. The summed E-state index contributed by atoms with van der Waals surface area (Å²) in [6, 6.07) is 5.68. The zero-order valence-corrected chi connectivity index (χ0v) is 14.8. The van der Waals surface area contributed by atoms with Crippen LogP contribution in [0.25, 0.3) is 0 Å². The van der Waals surface area contributed by atoms with Gasteiger partial charge in [0.05, 0.1) is 13.0 Å². The molecule has 8 heteroatoms. The molecule has 1 unspecified atom stereocenters. The summed E-state index contributed by atoms with van der Waals surface area (Å²) in [5.41, 5.74) is 0.866. The zero-order chi connectivity index (χ0) is 18.9. The van der Waals surface area contributed by atoms with Crippen molar-refractivity contribution in [2.45, 2.75) is 26.3 Å². The standard InChI is InChI=1S/C18H24FN3O4/c1-2-26-17(24)7-8-20-18(25)21-10-14-9-16(23)22(12-14)11-13-3-5-15(19)6-4-13/h3-6,14H,2,7-12H2,1H3,(H2,20,21,25). The van der Waals surface area contributed by atoms with Gasteiger partial charge in [-0.1, -0.05) is 12.1 Å². The van der Waals surface area contributed by atoms with Crippen molar-refractivity contribution in [1.82, 2.24) is 15.5 Å². The highest BCUT2D eigenvalue weighted by atomic mass is 19.1. The highest BCUT2D eigenvalue weighted by molar-refractivity contribution is 5.79. The van der Waals surface area contributed by atoms with Crippen LogP contribution in [0.3, 0.4) is 0 Å². The number of likely N-dealkylation sites (tertiary alicyclic amines) is 1. The molecule has 1 aliphatic heterocycles. The number of halogens is 1. The van der Waals surface area contributed by atoms with Crippen molar-refractivity contribution in [3.8, 4) is 0 Å². The number of ether oxygens (including phenoxy) is 1. The Kier molecular flexibility index (Phi) is 7.37. The molecule has 142 valence electrons. The molecule has 1 saturated heterocycles. The molecule has 0 aromatic heterocycles. The number of esters is 1. The normalized spacial score (nSPS) is 16.5. The molecule has 3 amide bonds. The second-order valence-corrected chi connectivity index (χ2v) is 6.16. The molecule has 7 nitrogen and oxygen atoms in total. The van der Waals surface area contributed by atoms with Crippen molar-refractivity contribution < 1.29 is 23.5 Å². The molecule has 2 rings (SSSR count). The van der Waals surface area contributed by atoms with Gasteiger partial charge in [0.1, 0.15) is 5.82 Å². The Hall–Kier alpha value is -2.64. The molecule has 1 atom stereocenters. The number of carbonyl (C=O) groups excluding carboxylic acids is 3. The van der Waals surface area contributed by atoms with Crippen LogP contribution < -0.4 is 10.6 Å². The molecule has 0 radical (unpaired) electrons. The van der Waals surface area contributed by atoms with Crippen molar-refractivity contribution in [1.29, 1.82) is 0 Å². The first-order valence-corrected chi connectivity index (χ1v) is 8.67. The molecule has 0 saturated carbocycles. The van der Waals surface area contributed by atoms with Gasteiger partial charge in [-0.15, -0.1) is 0 Å².